The van der Waals surface area contributed by atoms with Gasteiger partial charge >= 0.3 is 0 Å². The van der Waals surface area contributed by atoms with Crippen LogP contribution in [0.15, 0.2) is 48.5 Å². The first-order valence-corrected chi connectivity index (χ1v) is 7.88. The number of rotatable bonds is 6. The summed E-state index contributed by atoms with van der Waals surface area (Å²) in [4.78, 5) is 15.1. The van der Waals surface area contributed by atoms with Crippen LogP contribution in [0.25, 0.3) is 10.9 Å². The molecular formula is C19H19FN2O2. The van der Waals surface area contributed by atoms with Crippen molar-refractivity contribution in [2.75, 3.05) is 13.2 Å². The van der Waals surface area contributed by atoms with Crippen molar-refractivity contribution in [3.8, 4) is 5.75 Å². The summed E-state index contributed by atoms with van der Waals surface area (Å²) in [5.41, 5.74) is 2.32. The Kier molecular flexibility index (Phi) is 4.79. The van der Waals surface area contributed by atoms with Gasteiger partial charge in [0.2, 0.25) is 0 Å². The van der Waals surface area contributed by atoms with Crippen LogP contribution in [-0.2, 0) is 0 Å². The average Bonchev–Trinajstić information content (AvgIpc) is 2.97. The summed E-state index contributed by atoms with van der Waals surface area (Å²) in [6.07, 6.45) is 0.703. The molecule has 3 aromatic rings. The first kappa shape index (κ1) is 16.1. The number of benzene rings is 2. The number of fused-ring (bicyclic) bond motifs is 1. The second kappa shape index (κ2) is 7.17. The lowest BCUT2D eigenvalue weighted by Crippen LogP contribution is -2.25. The van der Waals surface area contributed by atoms with Crippen LogP contribution in [0.5, 0.6) is 5.75 Å². The highest BCUT2D eigenvalue weighted by Gasteiger charge is 2.09. The molecular weight excluding hydrogens is 307 g/mol. The molecule has 1 heterocycles. The maximum atomic E-state index is 13.2. The Morgan fingerprint density at radius 1 is 1.21 bits per heavy atom. The van der Waals surface area contributed by atoms with E-state index in [4.69, 9.17) is 4.74 Å². The first-order chi connectivity index (χ1) is 11.6. The van der Waals surface area contributed by atoms with Crippen molar-refractivity contribution in [3.63, 3.8) is 0 Å². The Balaban J connectivity index is 1.46. The minimum absolute atomic E-state index is 0.206. The number of amides is 1. The summed E-state index contributed by atoms with van der Waals surface area (Å²) >= 11 is 0. The quantitative estimate of drug-likeness (QED) is 0.677. The number of halogens is 1. The fraction of sp³-hybridized carbons (Fsp3) is 0.211. The van der Waals surface area contributed by atoms with Gasteiger partial charge in [0.1, 0.15) is 17.3 Å². The van der Waals surface area contributed by atoms with Crippen LogP contribution in [0.1, 0.15) is 22.5 Å². The van der Waals surface area contributed by atoms with Crippen LogP contribution in [0, 0.1) is 12.7 Å². The number of H-pyrrole nitrogens is 1. The number of aromatic nitrogens is 1. The molecule has 0 unspecified atom stereocenters. The van der Waals surface area contributed by atoms with Crippen LogP contribution in [-0.4, -0.2) is 24.0 Å². The topological polar surface area (TPSA) is 54.1 Å². The highest BCUT2D eigenvalue weighted by molar-refractivity contribution is 5.97. The van der Waals surface area contributed by atoms with E-state index in [1.54, 1.807) is 12.1 Å². The summed E-state index contributed by atoms with van der Waals surface area (Å²) < 4.78 is 18.8. The van der Waals surface area contributed by atoms with Crippen LogP contribution in [0.4, 0.5) is 4.39 Å². The van der Waals surface area contributed by atoms with Crippen LogP contribution in [0.3, 0.4) is 0 Å². The van der Waals surface area contributed by atoms with Gasteiger partial charge in [-0.1, -0.05) is 12.1 Å². The average molecular weight is 326 g/mol. The number of hydrogen-bond acceptors (Lipinski definition) is 2. The van der Waals surface area contributed by atoms with Gasteiger partial charge in [-0.2, -0.15) is 0 Å². The van der Waals surface area contributed by atoms with E-state index in [0.717, 1.165) is 16.8 Å². The van der Waals surface area contributed by atoms with E-state index < -0.39 is 0 Å². The Labute approximate surface area is 139 Å². The Bertz CT molecular complexity index is 857. The standard InChI is InChI=1S/C19H19FN2O2/c1-13-4-2-5-16(10-13)24-9-3-8-21-19(23)18-12-14-11-15(20)6-7-17(14)22-18/h2,4-7,10-12,22H,3,8-9H2,1H3,(H,21,23). The maximum Gasteiger partial charge on any atom is 0.267 e. The molecule has 2 N–H and O–H groups in total. The minimum atomic E-state index is -0.318. The molecule has 3 rings (SSSR count). The zero-order chi connectivity index (χ0) is 16.9. The fourth-order valence-corrected chi connectivity index (χ4v) is 2.49. The predicted octanol–water partition coefficient (Wildman–Crippen LogP) is 3.81. The summed E-state index contributed by atoms with van der Waals surface area (Å²) in [5.74, 6) is 0.308. The summed E-state index contributed by atoms with van der Waals surface area (Å²) in [7, 11) is 0. The zero-order valence-electron chi connectivity index (χ0n) is 13.4. The van der Waals surface area contributed by atoms with Crippen molar-refractivity contribution in [1.82, 2.24) is 10.3 Å². The van der Waals surface area contributed by atoms with Crippen LogP contribution < -0.4 is 10.1 Å². The molecule has 0 aliphatic carbocycles. The summed E-state index contributed by atoms with van der Waals surface area (Å²) in [6.45, 7) is 3.05. The normalized spacial score (nSPS) is 10.8. The van der Waals surface area contributed by atoms with Gasteiger partial charge in [-0.25, -0.2) is 4.39 Å². The smallest absolute Gasteiger partial charge is 0.267 e. The second-order valence-electron chi connectivity index (χ2n) is 5.69. The van der Waals surface area contributed by atoms with Gasteiger partial charge in [0.15, 0.2) is 0 Å². The molecule has 5 heteroatoms. The molecule has 4 nitrogen and oxygen atoms in total. The number of carbonyl (C=O) groups excluding carboxylic acids is 1. The molecule has 0 bridgehead atoms. The van der Waals surface area contributed by atoms with Crippen molar-refractivity contribution in [3.05, 3.63) is 65.6 Å². The molecule has 0 fully saturated rings. The van der Waals surface area contributed by atoms with Gasteiger partial charge in [0, 0.05) is 17.4 Å². The van der Waals surface area contributed by atoms with E-state index in [0.29, 0.717) is 30.7 Å². The van der Waals surface area contributed by atoms with Crippen molar-refractivity contribution < 1.29 is 13.9 Å². The molecule has 2 aromatic carbocycles. The molecule has 0 aliphatic rings. The Morgan fingerprint density at radius 3 is 2.92 bits per heavy atom. The third-order valence-corrected chi connectivity index (χ3v) is 3.69. The van der Waals surface area contributed by atoms with E-state index in [1.165, 1.54) is 12.1 Å². The molecule has 24 heavy (non-hydrogen) atoms. The molecule has 1 amide bonds. The Hall–Kier alpha value is -2.82. The van der Waals surface area contributed by atoms with Crippen molar-refractivity contribution in [1.29, 1.82) is 0 Å². The van der Waals surface area contributed by atoms with Gasteiger partial charge in [-0.15, -0.1) is 0 Å². The highest BCUT2D eigenvalue weighted by atomic mass is 19.1. The number of aryl methyl sites for hydroxylation is 1. The third-order valence-electron chi connectivity index (χ3n) is 3.69. The molecule has 0 spiro atoms. The lowest BCUT2D eigenvalue weighted by Gasteiger charge is -2.07. The second-order valence-corrected chi connectivity index (χ2v) is 5.69. The van der Waals surface area contributed by atoms with Gasteiger partial charge in [-0.3, -0.25) is 4.79 Å². The van der Waals surface area contributed by atoms with Crippen LogP contribution in [0.2, 0.25) is 0 Å². The monoisotopic (exact) mass is 326 g/mol. The molecule has 124 valence electrons. The number of nitrogens with one attached hydrogen (secondary N) is 2. The number of ether oxygens (including phenoxy) is 1. The van der Waals surface area contributed by atoms with E-state index >= 15 is 0 Å². The molecule has 0 atom stereocenters. The van der Waals surface area contributed by atoms with Gasteiger partial charge in [0.05, 0.1) is 6.61 Å². The molecule has 0 saturated carbocycles. The SMILES string of the molecule is Cc1cccc(OCCCNC(=O)c2cc3cc(F)ccc3[nH]2)c1. The first-order valence-electron chi connectivity index (χ1n) is 7.88. The van der Waals surface area contributed by atoms with E-state index in [-0.39, 0.29) is 11.7 Å². The van der Waals surface area contributed by atoms with Crippen molar-refractivity contribution >= 4 is 16.8 Å². The molecule has 1 aromatic heterocycles. The summed E-state index contributed by atoms with van der Waals surface area (Å²) in [6, 6.07) is 13.9. The minimum Gasteiger partial charge on any atom is -0.494 e. The van der Waals surface area contributed by atoms with Crippen molar-refractivity contribution in [2.45, 2.75) is 13.3 Å². The molecule has 0 radical (unpaired) electrons. The molecule has 0 aliphatic heterocycles. The Morgan fingerprint density at radius 2 is 2.08 bits per heavy atom. The van der Waals surface area contributed by atoms with Gasteiger partial charge < -0.3 is 15.0 Å². The largest absolute Gasteiger partial charge is 0.494 e. The van der Waals surface area contributed by atoms with Crippen LogP contribution >= 0.6 is 0 Å². The van der Waals surface area contributed by atoms with E-state index in [1.807, 2.05) is 31.2 Å². The lowest BCUT2D eigenvalue weighted by molar-refractivity contribution is 0.0947. The third kappa shape index (κ3) is 3.93. The zero-order valence-corrected chi connectivity index (χ0v) is 13.4. The number of aromatic amines is 1. The highest BCUT2D eigenvalue weighted by Crippen LogP contribution is 2.16. The summed E-state index contributed by atoms with van der Waals surface area (Å²) in [5, 5.41) is 3.51. The molecule has 0 saturated heterocycles. The number of hydrogen-bond donors (Lipinski definition) is 2. The number of carbonyl (C=O) groups is 1. The maximum absolute atomic E-state index is 13.2. The van der Waals surface area contributed by atoms with E-state index in [2.05, 4.69) is 10.3 Å². The predicted molar refractivity (Wildman–Crippen MR) is 91.9 cm³/mol. The van der Waals surface area contributed by atoms with Crippen molar-refractivity contribution in [2.24, 2.45) is 0 Å². The van der Waals surface area contributed by atoms with E-state index in [9.17, 15) is 9.18 Å². The fourth-order valence-electron chi connectivity index (χ4n) is 2.49. The van der Waals surface area contributed by atoms with Gasteiger partial charge in [-0.05, 0) is 55.3 Å². The van der Waals surface area contributed by atoms with Gasteiger partial charge in [0.25, 0.3) is 5.91 Å². The lowest BCUT2D eigenvalue weighted by atomic mass is 10.2.